The highest BCUT2D eigenvalue weighted by molar-refractivity contribution is 5.60. The Hall–Kier alpha value is -3.00. The molecule has 146 valence electrons. The number of aliphatic hydroxyl groups is 1. The molecule has 0 unspecified atom stereocenters. The number of anilines is 1. The molecule has 0 bridgehead atoms. The highest BCUT2D eigenvalue weighted by Gasteiger charge is 2.35. The fraction of sp³-hybridized carbons (Fsp3) is 0.400. The molecule has 0 radical (unpaired) electrons. The molecule has 3 aromatic heterocycles. The maximum atomic E-state index is 10.5. The van der Waals surface area contributed by atoms with Crippen LogP contribution >= 0.6 is 0 Å². The molecule has 8 nitrogen and oxygen atoms in total. The van der Waals surface area contributed by atoms with Crippen molar-refractivity contribution in [3.8, 4) is 17.1 Å². The van der Waals surface area contributed by atoms with Gasteiger partial charge in [0.25, 0.3) is 0 Å². The fourth-order valence-corrected chi connectivity index (χ4v) is 3.34. The first kappa shape index (κ1) is 18.4. The van der Waals surface area contributed by atoms with Crippen LogP contribution in [0.1, 0.15) is 18.2 Å². The minimum atomic E-state index is -0.610. The molecule has 0 aliphatic carbocycles. The predicted molar refractivity (Wildman–Crippen MR) is 105 cm³/mol. The van der Waals surface area contributed by atoms with Crippen LogP contribution in [-0.2, 0) is 6.54 Å². The zero-order valence-corrected chi connectivity index (χ0v) is 16.3. The molecule has 0 spiro atoms. The topological polar surface area (TPSA) is 89.2 Å². The molecule has 1 aliphatic heterocycles. The van der Waals surface area contributed by atoms with E-state index < -0.39 is 6.10 Å². The number of rotatable bonds is 5. The normalized spacial score (nSPS) is 19.2. The monoisotopic (exact) mass is 380 g/mol. The average molecular weight is 380 g/mol. The van der Waals surface area contributed by atoms with Crippen LogP contribution in [0.4, 0.5) is 5.82 Å². The van der Waals surface area contributed by atoms with Gasteiger partial charge in [0.1, 0.15) is 18.0 Å². The number of hydrogen-bond donors (Lipinski definition) is 1. The van der Waals surface area contributed by atoms with E-state index in [4.69, 9.17) is 9.72 Å². The molecule has 4 rings (SSSR count). The number of aromatic nitrogens is 5. The van der Waals surface area contributed by atoms with Crippen molar-refractivity contribution in [1.29, 1.82) is 0 Å². The summed E-state index contributed by atoms with van der Waals surface area (Å²) in [6, 6.07) is 3.81. The second-order valence-corrected chi connectivity index (χ2v) is 6.98. The number of nitrogens with zero attached hydrogens (tertiary/aromatic N) is 6. The zero-order chi connectivity index (χ0) is 19.7. The van der Waals surface area contributed by atoms with Crippen molar-refractivity contribution in [3.05, 3.63) is 48.2 Å². The van der Waals surface area contributed by atoms with Gasteiger partial charge in [-0.3, -0.25) is 9.67 Å². The SMILES string of the molecule is CCn1cc(O[C@@H]2CN(c3nc(-c4cccnc4)nc(C)c3C)C[C@H]2O)cn1. The Kier molecular flexibility index (Phi) is 4.95. The maximum absolute atomic E-state index is 10.5. The van der Waals surface area contributed by atoms with Crippen LogP contribution in [0.15, 0.2) is 36.9 Å². The quantitative estimate of drug-likeness (QED) is 0.724. The van der Waals surface area contributed by atoms with E-state index >= 15 is 0 Å². The first-order valence-corrected chi connectivity index (χ1v) is 9.43. The molecular formula is C20H24N6O2. The summed E-state index contributed by atoms with van der Waals surface area (Å²) in [7, 11) is 0. The third-order valence-electron chi connectivity index (χ3n) is 5.04. The number of ether oxygens (including phenoxy) is 1. The second-order valence-electron chi connectivity index (χ2n) is 6.98. The molecule has 0 aromatic carbocycles. The van der Waals surface area contributed by atoms with Gasteiger partial charge in [0.2, 0.25) is 0 Å². The van der Waals surface area contributed by atoms with Crippen LogP contribution in [0.25, 0.3) is 11.4 Å². The number of β-amino-alcohol motifs (C(OH)–C–C–N with tert-alkyl or cyclic N) is 1. The summed E-state index contributed by atoms with van der Waals surface area (Å²) in [4.78, 5) is 15.6. The fourth-order valence-electron chi connectivity index (χ4n) is 3.34. The third-order valence-corrected chi connectivity index (χ3v) is 5.04. The molecule has 28 heavy (non-hydrogen) atoms. The van der Waals surface area contributed by atoms with Gasteiger partial charge in [-0.1, -0.05) is 0 Å². The lowest BCUT2D eigenvalue weighted by molar-refractivity contribution is 0.0737. The van der Waals surface area contributed by atoms with E-state index in [2.05, 4.69) is 20.0 Å². The largest absolute Gasteiger partial charge is 0.482 e. The first-order valence-electron chi connectivity index (χ1n) is 9.43. The van der Waals surface area contributed by atoms with Gasteiger partial charge < -0.3 is 14.7 Å². The smallest absolute Gasteiger partial charge is 0.163 e. The van der Waals surface area contributed by atoms with Crippen molar-refractivity contribution in [3.63, 3.8) is 0 Å². The zero-order valence-electron chi connectivity index (χ0n) is 16.3. The molecule has 0 saturated carbocycles. The third kappa shape index (κ3) is 3.55. The van der Waals surface area contributed by atoms with Gasteiger partial charge in [0, 0.05) is 42.3 Å². The molecule has 2 atom stereocenters. The number of hydrogen-bond acceptors (Lipinski definition) is 7. The van der Waals surface area contributed by atoms with Gasteiger partial charge in [-0.2, -0.15) is 5.10 Å². The number of pyridine rings is 1. The summed E-state index contributed by atoms with van der Waals surface area (Å²) in [6.45, 7) is 7.77. The Balaban J connectivity index is 1.58. The summed E-state index contributed by atoms with van der Waals surface area (Å²) in [5.74, 6) is 2.12. The Bertz CT molecular complexity index is 959. The second kappa shape index (κ2) is 7.55. The van der Waals surface area contributed by atoms with Gasteiger partial charge in [-0.05, 0) is 32.9 Å². The lowest BCUT2D eigenvalue weighted by atomic mass is 10.2. The average Bonchev–Trinajstić information content (AvgIpc) is 3.31. The van der Waals surface area contributed by atoms with Crippen molar-refractivity contribution in [2.45, 2.75) is 39.5 Å². The van der Waals surface area contributed by atoms with Gasteiger partial charge in [-0.15, -0.1) is 0 Å². The van der Waals surface area contributed by atoms with Crippen molar-refractivity contribution in [2.75, 3.05) is 18.0 Å². The van der Waals surface area contributed by atoms with Crippen LogP contribution in [0, 0.1) is 13.8 Å². The minimum absolute atomic E-state index is 0.342. The number of aliphatic hydroxyl groups excluding tert-OH is 1. The van der Waals surface area contributed by atoms with E-state index in [1.54, 1.807) is 23.3 Å². The lowest BCUT2D eigenvalue weighted by Gasteiger charge is -2.21. The van der Waals surface area contributed by atoms with Crippen LogP contribution in [-0.4, -0.2) is 55.1 Å². The first-order chi connectivity index (χ1) is 13.5. The molecule has 0 amide bonds. The summed E-state index contributed by atoms with van der Waals surface area (Å²) in [5, 5.41) is 14.8. The summed E-state index contributed by atoms with van der Waals surface area (Å²) in [5.41, 5.74) is 2.78. The molecule has 4 heterocycles. The van der Waals surface area contributed by atoms with E-state index in [0.717, 1.165) is 29.2 Å². The molecule has 1 N–H and O–H groups in total. The Morgan fingerprint density at radius 2 is 2.07 bits per heavy atom. The van der Waals surface area contributed by atoms with Crippen molar-refractivity contribution >= 4 is 5.82 Å². The van der Waals surface area contributed by atoms with Crippen LogP contribution in [0.5, 0.6) is 5.75 Å². The minimum Gasteiger partial charge on any atom is -0.482 e. The Morgan fingerprint density at radius 1 is 1.21 bits per heavy atom. The highest BCUT2D eigenvalue weighted by atomic mass is 16.5. The summed E-state index contributed by atoms with van der Waals surface area (Å²) in [6.07, 6.45) is 6.05. The van der Waals surface area contributed by atoms with E-state index in [0.29, 0.717) is 24.7 Å². The highest BCUT2D eigenvalue weighted by Crippen LogP contribution is 2.28. The van der Waals surface area contributed by atoms with E-state index in [-0.39, 0.29) is 6.10 Å². The van der Waals surface area contributed by atoms with Crippen LogP contribution in [0.3, 0.4) is 0 Å². The predicted octanol–water partition coefficient (Wildman–Crippen LogP) is 2.00. The van der Waals surface area contributed by atoms with Gasteiger partial charge in [-0.25, -0.2) is 9.97 Å². The van der Waals surface area contributed by atoms with Gasteiger partial charge >= 0.3 is 0 Å². The molecule has 3 aromatic rings. The standard InChI is InChI=1S/C20H24N6O2/c1-4-26-10-16(9-22-26)28-18-12-25(11-17(18)27)20-13(2)14(3)23-19(24-20)15-6-5-7-21-8-15/h5-10,17-18,27H,4,11-12H2,1-3H3/t17-,18-/m1/s1. The van der Waals surface area contributed by atoms with Crippen molar-refractivity contribution in [1.82, 2.24) is 24.7 Å². The van der Waals surface area contributed by atoms with E-state index in [1.807, 2.05) is 39.1 Å². The molecular weight excluding hydrogens is 356 g/mol. The molecule has 8 heteroatoms. The van der Waals surface area contributed by atoms with Crippen molar-refractivity contribution in [2.24, 2.45) is 0 Å². The maximum Gasteiger partial charge on any atom is 0.163 e. The number of aryl methyl sites for hydroxylation is 2. The summed E-state index contributed by atoms with van der Waals surface area (Å²) >= 11 is 0. The van der Waals surface area contributed by atoms with E-state index in [9.17, 15) is 5.11 Å². The van der Waals surface area contributed by atoms with Crippen LogP contribution < -0.4 is 9.64 Å². The Labute approximate surface area is 163 Å². The van der Waals surface area contributed by atoms with Gasteiger partial charge in [0.05, 0.1) is 18.9 Å². The van der Waals surface area contributed by atoms with Gasteiger partial charge in [0.15, 0.2) is 11.6 Å². The molecule has 1 fully saturated rings. The summed E-state index contributed by atoms with van der Waals surface area (Å²) < 4.78 is 7.78. The van der Waals surface area contributed by atoms with E-state index in [1.165, 1.54) is 0 Å². The Morgan fingerprint density at radius 3 is 2.79 bits per heavy atom. The lowest BCUT2D eigenvalue weighted by Crippen LogP contribution is -2.30. The molecule has 1 aliphatic rings. The van der Waals surface area contributed by atoms with Crippen molar-refractivity contribution < 1.29 is 9.84 Å². The van der Waals surface area contributed by atoms with Crippen LogP contribution in [0.2, 0.25) is 0 Å². The molecule has 1 saturated heterocycles.